The Morgan fingerprint density at radius 1 is 1.25 bits per heavy atom. The van der Waals surface area contributed by atoms with Crippen LogP contribution in [0.15, 0.2) is 11.4 Å². The van der Waals surface area contributed by atoms with E-state index < -0.39 is 0 Å². The van der Waals surface area contributed by atoms with Gasteiger partial charge in [-0.2, -0.15) is 4.98 Å². The molecule has 3 aromatic rings. The second kappa shape index (κ2) is 5.34. The molecule has 3 N–H and O–H groups in total. The van der Waals surface area contributed by atoms with E-state index >= 15 is 0 Å². The molecule has 0 fully saturated rings. The minimum atomic E-state index is 0.312. The van der Waals surface area contributed by atoms with Crippen LogP contribution in [0.4, 0.5) is 11.8 Å². The number of fused-ring (bicyclic) bond motifs is 1. The molecule has 0 atom stereocenters. The highest BCUT2D eigenvalue weighted by Gasteiger charge is 2.09. The van der Waals surface area contributed by atoms with Crippen molar-refractivity contribution in [2.75, 3.05) is 17.6 Å². The van der Waals surface area contributed by atoms with Crippen LogP contribution in [-0.4, -0.2) is 21.5 Å². The van der Waals surface area contributed by atoms with Crippen molar-refractivity contribution in [3.63, 3.8) is 0 Å². The molecule has 0 bridgehead atoms. The normalized spacial score (nSPS) is 11.1. The average Bonchev–Trinajstić information content (AvgIpc) is 2.94. The Hall–Kier alpha value is -1.73. The Morgan fingerprint density at radius 2 is 2.10 bits per heavy atom. The molecule has 3 rings (SSSR count). The third kappa shape index (κ3) is 2.73. The molecular formula is C13H15N5S2. The number of anilines is 2. The van der Waals surface area contributed by atoms with Crippen molar-refractivity contribution < 1.29 is 0 Å². The summed E-state index contributed by atoms with van der Waals surface area (Å²) in [7, 11) is 0. The minimum Gasteiger partial charge on any atom is -0.369 e. The second-order valence-electron chi connectivity index (χ2n) is 4.57. The van der Waals surface area contributed by atoms with Gasteiger partial charge in [0.2, 0.25) is 5.95 Å². The van der Waals surface area contributed by atoms with Crippen LogP contribution in [0, 0.1) is 13.8 Å². The lowest BCUT2D eigenvalue weighted by Gasteiger charge is -2.06. The molecule has 0 amide bonds. The molecule has 0 unspecified atom stereocenters. The molecule has 104 valence electrons. The molecule has 0 saturated heterocycles. The van der Waals surface area contributed by atoms with E-state index in [0.717, 1.165) is 39.7 Å². The predicted octanol–water partition coefficient (Wildman–Crippen LogP) is 3.00. The molecular weight excluding hydrogens is 290 g/mol. The zero-order valence-electron chi connectivity index (χ0n) is 11.3. The Kier molecular flexibility index (Phi) is 3.54. The molecule has 7 heteroatoms. The second-order valence-corrected chi connectivity index (χ2v) is 6.74. The molecule has 0 aliphatic rings. The van der Waals surface area contributed by atoms with E-state index in [1.165, 1.54) is 4.88 Å². The van der Waals surface area contributed by atoms with Crippen LogP contribution in [0.25, 0.3) is 10.2 Å². The fourth-order valence-electron chi connectivity index (χ4n) is 2.00. The standard InChI is InChI=1S/C13H15N5S2/c1-7-6-19-10(16-7)3-4-15-11-9-5-8(2)20-12(9)18-13(14)17-11/h5-6H,3-4H2,1-2H3,(H3,14,15,17,18). The van der Waals surface area contributed by atoms with Crippen molar-refractivity contribution in [3.05, 3.63) is 27.0 Å². The number of thiophene rings is 1. The van der Waals surface area contributed by atoms with Crippen molar-refractivity contribution >= 4 is 44.7 Å². The number of hydrogen-bond donors (Lipinski definition) is 2. The van der Waals surface area contributed by atoms with Crippen molar-refractivity contribution in [3.8, 4) is 0 Å². The quantitative estimate of drug-likeness (QED) is 0.775. The van der Waals surface area contributed by atoms with Crippen molar-refractivity contribution in [1.29, 1.82) is 0 Å². The van der Waals surface area contributed by atoms with Gasteiger partial charge in [-0.05, 0) is 19.9 Å². The number of nitrogen functional groups attached to an aromatic ring is 1. The maximum absolute atomic E-state index is 5.75. The Bertz CT molecular complexity index is 746. The summed E-state index contributed by atoms with van der Waals surface area (Å²) in [6, 6.07) is 2.09. The molecule has 3 aromatic heterocycles. The summed E-state index contributed by atoms with van der Waals surface area (Å²) in [6.07, 6.45) is 0.882. The topological polar surface area (TPSA) is 76.7 Å². The number of aryl methyl sites for hydroxylation is 2. The van der Waals surface area contributed by atoms with Crippen LogP contribution in [0.1, 0.15) is 15.6 Å². The summed E-state index contributed by atoms with van der Waals surface area (Å²) in [5, 5.41) is 7.58. The zero-order chi connectivity index (χ0) is 14.1. The van der Waals surface area contributed by atoms with E-state index in [9.17, 15) is 0 Å². The van der Waals surface area contributed by atoms with Gasteiger partial charge in [0.25, 0.3) is 0 Å². The lowest BCUT2D eigenvalue weighted by atomic mass is 10.3. The van der Waals surface area contributed by atoms with E-state index in [1.807, 2.05) is 6.92 Å². The monoisotopic (exact) mass is 305 g/mol. The van der Waals surface area contributed by atoms with E-state index in [4.69, 9.17) is 5.73 Å². The Labute approximate surface area is 124 Å². The van der Waals surface area contributed by atoms with Gasteiger partial charge in [-0.25, -0.2) is 9.97 Å². The van der Waals surface area contributed by atoms with E-state index in [0.29, 0.717) is 5.95 Å². The molecule has 20 heavy (non-hydrogen) atoms. The third-order valence-electron chi connectivity index (χ3n) is 2.83. The number of aromatic nitrogens is 3. The maximum Gasteiger partial charge on any atom is 0.223 e. The van der Waals surface area contributed by atoms with Crippen LogP contribution >= 0.6 is 22.7 Å². The smallest absolute Gasteiger partial charge is 0.223 e. The summed E-state index contributed by atoms with van der Waals surface area (Å²) >= 11 is 3.32. The first kappa shape index (κ1) is 13.3. The van der Waals surface area contributed by atoms with Gasteiger partial charge in [0, 0.05) is 28.9 Å². The summed E-state index contributed by atoms with van der Waals surface area (Å²) in [6.45, 7) is 4.86. The molecule has 5 nitrogen and oxygen atoms in total. The van der Waals surface area contributed by atoms with E-state index in [2.05, 4.69) is 38.6 Å². The number of thiazole rings is 1. The van der Waals surface area contributed by atoms with Gasteiger partial charge in [-0.1, -0.05) is 0 Å². The van der Waals surface area contributed by atoms with Crippen LogP contribution in [0.5, 0.6) is 0 Å². The number of nitrogens with one attached hydrogen (secondary N) is 1. The van der Waals surface area contributed by atoms with Gasteiger partial charge in [0.05, 0.1) is 10.4 Å². The largest absolute Gasteiger partial charge is 0.369 e. The van der Waals surface area contributed by atoms with Gasteiger partial charge >= 0.3 is 0 Å². The molecule has 0 aliphatic carbocycles. The number of hydrogen-bond acceptors (Lipinski definition) is 7. The number of nitrogens with two attached hydrogens (primary N) is 1. The number of nitrogens with zero attached hydrogens (tertiary/aromatic N) is 3. The number of rotatable bonds is 4. The highest BCUT2D eigenvalue weighted by atomic mass is 32.1. The Balaban J connectivity index is 1.76. The van der Waals surface area contributed by atoms with Crippen LogP contribution in [-0.2, 0) is 6.42 Å². The first-order valence-corrected chi connectivity index (χ1v) is 8.00. The van der Waals surface area contributed by atoms with Crippen LogP contribution < -0.4 is 11.1 Å². The average molecular weight is 305 g/mol. The van der Waals surface area contributed by atoms with E-state index in [-0.39, 0.29) is 0 Å². The molecule has 0 aromatic carbocycles. The third-order valence-corrected chi connectivity index (χ3v) is 4.80. The molecule has 0 radical (unpaired) electrons. The molecule has 3 heterocycles. The lowest BCUT2D eigenvalue weighted by Crippen LogP contribution is -2.08. The van der Waals surface area contributed by atoms with Crippen molar-refractivity contribution in [2.24, 2.45) is 0 Å². The highest BCUT2D eigenvalue weighted by Crippen LogP contribution is 2.28. The maximum atomic E-state index is 5.75. The lowest BCUT2D eigenvalue weighted by molar-refractivity contribution is 0.979. The fourth-order valence-corrected chi connectivity index (χ4v) is 3.66. The zero-order valence-corrected chi connectivity index (χ0v) is 12.9. The minimum absolute atomic E-state index is 0.312. The van der Waals surface area contributed by atoms with E-state index in [1.54, 1.807) is 22.7 Å². The van der Waals surface area contributed by atoms with Gasteiger partial charge in [-0.3, -0.25) is 0 Å². The van der Waals surface area contributed by atoms with Crippen LogP contribution in [0.3, 0.4) is 0 Å². The molecule has 0 spiro atoms. The fraction of sp³-hybridized carbons (Fsp3) is 0.308. The first-order valence-electron chi connectivity index (χ1n) is 6.30. The van der Waals surface area contributed by atoms with Gasteiger partial charge in [0.15, 0.2) is 0 Å². The first-order chi connectivity index (χ1) is 9.61. The van der Waals surface area contributed by atoms with Crippen molar-refractivity contribution in [1.82, 2.24) is 15.0 Å². The van der Waals surface area contributed by atoms with Gasteiger partial charge in [0.1, 0.15) is 10.6 Å². The summed E-state index contributed by atoms with van der Waals surface area (Å²) in [5.74, 6) is 1.12. The van der Waals surface area contributed by atoms with Gasteiger partial charge in [-0.15, -0.1) is 22.7 Å². The summed E-state index contributed by atoms with van der Waals surface area (Å²) in [4.78, 5) is 15.1. The van der Waals surface area contributed by atoms with Crippen molar-refractivity contribution in [2.45, 2.75) is 20.3 Å². The predicted molar refractivity (Wildman–Crippen MR) is 85.6 cm³/mol. The van der Waals surface area contributed by atoms with Gasteiger partial charge < -0.3 is 11.1 Å². The Morgan fingerprint density at radius 3 is 2.85 bits per heavy atom. The van der Waals surface area contributed by atoms with Crippen LogP contribution in [0.2, 0.25) is 0 Å². The highest BCUT2D eigenvalue weighted by molar-refractivity contribution is 7.18. The summed E-state index contributed by atoms with van der Waals surface area (Å²) < 4.78 is 0. The molecule has 0 saturated carbocycles. The SMILES string of the molecule is Cc1csc(CCNc2nc(N)nc3sc(C)cc23)n1. The summed E-state index contributed by atoms with van der Waals surface area (Å²) in [5.41, 5.74) is 6.83. The molecule has 0 aliphatic heterocycles.